The van der Waals surface area contributed by atoms with Crippen molar-refractivity contribution in [2.24, 2.45) is 0 Å². The highest BCUT2D eigenvalue weighted by Crippen LogP contribution is 2.33. The Morgan fingerprint density at radius 3 is 2.40 bits per heavy atom. The molecule has 0 saturated heterocycles. The number of aromatic nitrogens is 2. The first kappa shape index (κ1) is 25.4. The molecule has 7 rings (SSSR count). The van der Waals surface area contributed by atoms with Gasteiger partial charge in [-0.05, 0) is 96.4 Å². The maximum atomic E-state index is 13.8. The Kier molecular flexibility index (Phi) is 6.30. The van der Waals surface area contributed by atoms with E-state index in [1.165, 1.54) is 16.3 Å². The number of para-hydroxylation sites is 1. The van der Waals surface area contributed by atoms with Crippen molar-refractivity contribution in [2.45, 2.75) is 13.8 Å². The van der Waals surface area contributed by atoms with Crippen LogP contribution in [0.3, 0.4) is 0 Å². The number of fused-ring (bicyclic) bond motifs is 3. The molecule has 6 aromatic rings. The molecule has 0 amide bonds. The summed E-state index contributed by atoms with van der Waals surface area (Å²) in [5.41, 5.74) is 6.19. The molecule has 0 bridgehead atoms. The highest BCUT2D eigenvalue weighted by atomic mass is 16.7. The molecule has 0 spiro atoms. The van der Waals surface area contributed by atoms with E-state index < -0.39 is 0 Å². The van der Waals surface area contributed by atoms with Crippen molar-refractivity contribution in [1.82, 2.24) is 9.55 Å². The summed E-state index contributed by atoms with van der Waals surface area (Å²) in [6.07, 6.45) is 3.79. The molecule has 0 aliphatic carbocycles. The molecule has 5 aromatic carbocycles. The van der Waals surface area contributed by atoms with Crippen LogP contribution in [0.15, 0.2) is 102 Å². The summed E-state index contributed by atoms with van der Waals surface area (Å²) in [4.78, 5) is 18.7. The fraction of sp³-hybridized carbons (Fsp3) is 0.0811. The molecule has 42 heavy (non-hydrogen) atoms. The fourth-order valence-electron chi connectivity index (χ4n) is 5.25. The van der Waals surface area contributed by atoms with Gasteiger partial charge in [-0.1, -0.05) is 65.9 Å². The van der Waals surface area contributed by atoms with Crippen LogP contribution in [0.1, 0.15) is 33.6 Å². The lowest BCUT2D eigenvalue weighted by Crippen LogP contribution is -2.23. The van der Waals surface area contributed by atoms with Crippen molar-refractivity contribution in [2.75, 3.05) is 6.79 Å². The summed E-state index contributed by atoms with van der Waals surface area (Å²) in [5.74, 6) is 8.55. The van der Waals surface area contributed by atoms with Crippen molar-refractivity contribution < 1.29 is 9.47 Å². The van der Waals surface area contributed by atoms with Crippen LogP contribution in [0.5, 0.6) is 11.5 Å². The molecule has 0 saturated carbocycles. The van der Waals surface area contributed by atoms with Gasteiger partial charge in [0.2, 0.25) is 6.79 Å². The van der Waals surface area contributed by atoms with Gasteiger partial charge in [0.1, 0.15) is 5.82 Å². The predicted molar refractivity (Wildman–Crippen MR) is 168 cm³/mol. The van der Waals surface area contributed by atoms with Crippen LogP contribution < -0.4 is 15.0 Å². The third-order valence-electron chi connectivity index (χ3n) is 7.41. The minimum absolute atomic E-state index is 0.126. The highest BCUT2D eigenvalue weighted by molar-refractivity contribution is 5.84. The van der Waals surface area contributed by atoms with Crippen LogP contribution in [0.4, 0.5) is 0 Å². The normalized spacial score (nSPS) is 12.1. The molecule has 1 aliphatic rings. The second kappa shape index (κ2) is 10.4. The van der Waals surface area contributed by atoms with Crippen molar-refractivity contribution in [1.29, 1.82) is 0 Å². The Balaban J connectivity index is 1.27. The molecule has 2 heterocycles. The van der Waals surface area contributed by atoms with Crippen LogP contribution in [0, 0.1) is 25.7 Å². The Bertz CT molecular complexity index is 2180. The van der Waals surface area contributed by atoms with Crippen LogP contribution in [-0.2, 0) is 0 Å². The first-order valence-corrected chi connectivity index (χ1v) is 13.7. The summed E-state index contributed by atoms with van der Waals surface area (Å²) in [6, 6.07) is 31.8. The topological polar surface area (TPSA) is 53.4 Å². The zero-order chi connectivity index (χ0) is 28.6. The van der Waals surface area contributed by atoms with Gasteiger partial charge in [-0.25, -0.2) is 4.98 Å². The average molecular weight is 547 g/mol. The molecule has 1 aliphatic heterocycles. The molecule has 0 unspecified atom stereocenters. The van der Waals surface area contributed by atoms with E-state index in [1.54, 1.807) is 4.57 Å². The zero-order valence-electron chi connectivity index (χ0n) is 23.2. The smallest absolute Gasteiger partial charge is 0.266 e. The lowest BCUT2D eigenvalue weighted by molar-refractivity contribution is 0.174. The third kappa shape index (κ3) is 4.80. The summed E-state index contributed by atoms with van der Waals surface area (Å²) in [5, 5.41) is 2.94. The number of benzene rings is 5. The van der Waals surface area contributed by atoms with Crippen molar-refractivity contribution >= 4 is 33.8 Å². The quantitative estimate of drug-likeness (QED) is 0.216. The molecule has 5 heteroatoms. The largest absolute Gasteiger partial charge is 0.454 e. The Morgan fingerprint density at radius 1 is 0.762 bits per heavy atom. The lowest BCUT2D eigenvalue weighted by atomic mass is 10.0. The predicted octanol–water partition coefficient (Wildman–Crippen LogP) is 7.45. The summed E-state index contributed by atoms with van der Waals surface area (Å²) >= 11 is 0. The van der Waals surface area contributed by atoms with Gasteiger partial charge >= 0.3 is 0 Å². The lowest BCUT2D eigenvalue weighted by Gasteiger charge is -2.14. The standard InChI is InChI=1S/C37H26N2O3/c1-24-7-14-30-21-27(10-15-29(30)19-24)9-8-26-11-16-33(25(2)20-26)39-36(38-32-6-4-3-5-31(32)37(39)40)18-13-28-12-17-34-35(22-28)42-23-41-34/h3-7,10-22H,23H2,1-2H3/b18-13+. The molecule has 202 valence electrons. The average Bonchev–Trinajstić information content (AvgIpc) is 3.48. The molecule has 0 atom stereocenters. The fourth-order valence-corrected chi connectivity index (χ4v) is 5.25. The Labute approximate surface area is 243 Å². The van der Waals surface area contributed by atoms with Crippen LogP contribution >= 0.6 is 0 Å². The number of nitrogens with zero attached hydrogens (tertiary/aromatic N) is 2. The van der Waals surface area contributed by atoms with Gasteiger partial charge in [0, 0.05) is 11.1 Å². The minimum Gasteiger partial charge on any atom is -0.454 e. The van der Waals surface area contributed by atoms with E-state index in [0.717, 1.165) is 33.7 Å². The Morgan fingerprint density at radius 2 is 1.52 bits per heavy atom. The Hall–Kier alpha value is -5.60. The number of rotatable bonds is 3. The number of hydrogen-bond donors (Lipinski definition) is 0. The van der Waals surface area contributed by atoms with E-state index in [1.807, 2.05) is 79.7 Å². The zero-order valence-corrected chi connectivity index (χ0v) is 23.2. The van der Waals surface area contributed by atoms with Crippen LogP contribution in [0.25, 0.3) is 39.5 Å². The second-order valence-electron chi connectivity index (χ2n) is 10.4. The summed E-state index contributed by atoms with van der Waals surface area (Å²) in [7, 11) is 0. The van der Waals surface area contributed by atoms with Gasteiger partial charge in [0.15, 0.2) is 11.5 Å². The van der Waals surface area contributed by atoms with E-state index in [0.29, 0.717) is 22.5 Å². The molecular formula is C37H26N2O3. The summed E-state index contributed by atoms with van der Waals surface area (Å²) < 4.78 is 12.6. The highest BCUT2D eigenvalue weighted by Gasteiger charge is 2.15. The van der Waals surface area contributed by atoms with Crippen LogP contribution in [-0.4, -0.2) is 16.3 Å². The van der Waals surface area contributed by atoms with E-state index in [9.17, 15) is 4.79 Å². The molecule has 1 aromatic heterocycles. The number of hydrogen-bond acceptors (Lipinski definition) is 4. The molecule has 5 nitrogen and oxygen atoms in total. The number of aryl methyl sites for hydroxylation is 2. The van der Waals surface area contributed by atoms with Crippen LogP contribution in [0.2, 0.25) is 0 Å². The molecular weight excluding hydrogens is 520 g/mol. The monoisotopic (exact) mass is 546 g/mol. The third-order valence-corrected chi connectivity index (χ3v) is 7.41. The molecule has 0 N–H and O–H groups in total. The first-order valence-electron chi connectivity index (χ1n) is 13.7. The van der Waals surface area contributed by atoms with Crippen molar-refractivity contribution in [3.63, 3.8) is 0 Å². The molecule has 0 radical (unpaired) electrons. The van der Waals surface area contributed by atoms with Crippen molar-refractivity contribution in [3.05, 3.63) is 141 Å². The van der Waals surface area contributed by atoms with E-state index in [2.05, 4.69) is 55.2 Å². The second-order valence-corrected chi connectivity index (χ2v) is 10.4. The SMILES string of the molecule is Cc1ccc2cc(C#Cc3ccc(-n4c(/C=C/c5ccc6c(c5)OCO6)nc5ccccc5c4=O)c(C)c3)ccc2c1. The first-order chi connectivity index (χ1) is 20.5. The summed E-state index contributed by atoms with van der Waals surface area (Å²) in [6.45, 7) is 4.31. The van der Waals surface area contributed by atoms with Gasteiger partial charge in [-0.15, -0.1) is 0 Å². The van der Waals surface area contributed by atoms with Gasteiger partial charge in [0.25, 0.3) is 5.56 Å². The van der Waals surface area contributed by atoms with E-state index in [-0.39, 0.29) is 12.4 Å². The van der Waals surface area contributed by atoms with Gasteiger partial charge in [0.05, 0.1) is 16.6 Å². The molecule has 0 fully saturated rings. The van der Waals surface area contributed by atoms with E-state index in [4.69, 9.17) is 14.5 Å². The van der Waals surface area contributed by atoms with Crippen molar-refractivity contribution in [3.8, 4) is 29.0 Å². The number of ether oxygens (including phenoxy) is 2. The maximum absolute atomic E-state index is 13.8. The minimum atomic E-state index is -0.126. The van der Waals surface area contributed by atoms with Gasteiger partial charge < -0.3 is 9.47 Å². The van der Waals surface area contributed by atoms with E-state index >= 15 is 0 Å². The maximum Gasteiger partial charge on any atom is 0.266 e. The van der Waals surface area contributed by atoms with Gasteiger partial charge in [-0.2, -0.15) is 0 Å². The van der Waals surface area contributed by atoms with Gasteiger partial charge in [-0.3, -0.25) is 9.36 Å².